The molecule has 1 spiro atoms. The van der Waals surface area contributed by atoms with Crippen molar-refractivity contribution in [3.8, 4) is 0 Å². The molecular weight excluding hydrogens is 422 g/mol. The molecule has 3 heterocycles. The third-order valence-corrected chi connectivity index (χ3v) is 6.90. The van der Waals surface area contributed by atoms with E-state index in [9.17, 15) is 20.4 Å². The first-order valence-electron chi connectivity index (χ1n) is 10.5. The van der Waals surface area contributed by atoms with Gasteiger partial charge in [0, 0.05) is 22.8 Å². The third-order valence-electron chi connectivity index (χ3n) is 6.55. The van der Waals surface area contributed by atoms with Gasteiger partial charge in [0.1, 0.15) is 24.4 Å². The smallest absolute Gasteiger partial charge is 0.225 e. The van der Waals surface area contributed by atoms with Gasteiger partial charge in [-0.1, -0.05) is 23.7 Å². The second kappa shape index (κ2) is 7.71. The van der Waals surface area contributed by atoms with Crippen molar-refractivity contribution in [2.75, 3.05) is 11.9 Å². The molecule has 2 aromatic rings. The molecule has 1 fully saturated rings. The van der Waals surface area contributed by atoms with Gasteiger partial charge in [0.25, 0.3) is 0 Å². The Bertz CT molecular complexity index is 1010. The second-order valence-corrected chi connectivity index (χ2v) is 9.06. The number of nitrogens with one attached hydrogen (secondary N) is 1. The average molecular weight is 448 g/mol. The number of halogens is 1. The summed E-state index contributed by atoms with van der Waals surface area (Å²) >= 11 is 6.57. The zero-order chi connectivity index (χ0) is 21.9. The van der Waals surface area contributed by atoms with E-state index in [4.69, 9.17) is 21.1 Å². The van der Waals surface area contributed by atoms with Gasteiger partial charge in [-0.25, -0.2) is 0 Å². The van der Waals surface area contributed by atoms with Gasteiger partial charge in [-0.05, 0) is 60.2 Å². The summed E-state index contributed by atoms with van der Waals surface area (Å²) in [6.07, 6.45) is -5.14. The summed E-state index contributed by atoms with van der Waals surface area (Å²) < 4.78 is 11.8. The Kier molecular flexibility index (Phi) is 5.26. The van der Waals surface area contributed by atoms with Crippen LogP contribution in [0, 0.1) is 0 Å². The van der Waals surface area contributed by atoms with Crippen LogP contribution in [0.4, 0.5) is 5.69 Å². The van der Waals surface area contributed by atoms with Crippen LogP contribution in [-0.4, -0.2) is 57.5 Å². The van der Waals surface area contributed by atoms with Crippen LogP contribution in [0.3, 0.4) is 0 Å². The molecule has 8 heteroatoms. The standard InChI is InChI=1S/C23H26ClNO6/c1-11(26)21-19(27)20(28)22(29)23(31-21)16-8-14(17(24)9-15(16)10-30-23)7-12-2-3-18-13(6-12)4-5-25-18/h2-3,6,8-9,11,19-22,25-29H,4-5,7,10H2,1H3/t11?,19-,20-,21+,22+,23-/m0/s1. The molecule has 0 aliphatic carbocycles. The lowest BCUT2D eigenvalue weighted by atomic mass is 9.85. The van der Waals surface area contributed by atoms with Crippen molar-refractivity contribution in [3.63, 3.8) is 0 Å². The van der Waals surface area contributed by atoms with Crippen molar-refractivity contribution in [2.24, 2.45) is 0 Å². The Morgan fingerprint density at radius 1 is 1.16 bits per heavy atom. The van der Waals surface area contributed by atoms with Crippen LogP contribution < -0.4 is 5.32 Å². The van der Waals surface area contributed by atoms with Gasteiger partial charge in [0.05, 0.1) is 12.7 Å². The fourth-order valence-corrected chi connectivity index (χ4v) is 5.12. The highest BCUT2D eigenvalue weighted by atomic mass is 35.5. The lowest BCUT2D eigenvalue weighted by Crippen LogP contribution is -2.64. The molecule has 1 saturated heterocycles. The fraction of sp³-hybridized carbons (Fsp3) is 0.478. The summed E-state index contributed by atoms with van der Waals surface area (Å²) in [6.45, 7) is 2.52. The van der Waals surface area contributed by atoms with E-state index in [1.165, 1.54) is 12.5 Å². The minimum absolute atomic E-state index is 0.131. The minimum atomic E-state index is -1.68. The van der Waals surface area contributed by atoms with Crippen LogP contribution in [0.25, 0.3) is 0 Å². The van der Waals surface area contributed by atoms with Gasteiger partial charge < -0.3 is 35.2 Å². The normalized spacial score (nSPS) is 32.6. The van der Waals surface area contributed by atoms with Crippen molar-refractivity contribution in [2.45, 2.75) is 62.7 Å². The number of aliphatic hydroxyl groups excluding tert-OH is 4. The van der Waals surface area contributed by atoms with Crippen LogP contribution in [-0.2, 0) is 34.7 Å². The summed E-state index contributed by atoms with van der Waals surface area (Å²) in [4.78, 5) is 0. The lowest BCUT2D eigenvalue weighted by Gasteiger charge is -2.47. The van der Waals surface area contributed by atoms with E-state index in [1.54, 1.807) is 6.07 Å². The minimum Gasteiger partial charge on any atom is -0.391 e. The number of anilines is 1. The second-order valence-electron chi connectivity index (χ2n) is 8.65. The Morgan fingerprint density at radius 2 is 1.97 bits per heavy atom. The lowest BCUT2D eigenvalue weighted by molar-refractivity contribution is -0.374. The first-order valence-corrected chi connectivity index (χ1v) is 10.9. The quantitative estimate of drug-likeness (QED) is 0.484. The summed E-state index contributed by atoms with van der Waals surface area (Å²) in [5, 5.41) is 45.5. The molecule has 0 saturated carbocycles. The monoisotopic (exact) mass is 447 g/mol. The van der Waals surface area contributed by atoms with Gasteiger partial charge in [0.2, 0.25) is 5.79 Å². The highest BCUT2D eigenvalue weighted by Crippen LogP contribution is 2.47. The zero-order valence-corrected chi connectivity index (χ0v) is 17.8. The Balaban J connectivity index is 1.52. The number of hydrogen-bond donors (Lipinski definition) is 5. The molecule has 0 amide bonds. The molecule has 0 bridgehead atoms. The molecular formula is C23H26ClNO6. The topological polar surface area (TPSA) is 111 Å². The largest absolute Gasteiger partial charge is 0.391 e. The summed E-state index contributed by atoms with van der Waals surface area (Å²) in [5.41, 5.74) is 5.67. The van der Waals surface area contributed by atoms with E-state index in [1.807, 2.05) is 6.07 Å². The zero-order valence-electron chi connectivity index (χ0n) is 17.1. The van der Waals surface area contributed by atoms with Crippen LogP contribution in [0.5, 0.6) is 0 Å². The molecule has 2 aromatic carbocycles. The van der Waals surface area contributed by atoms with Crippen LogP contribution in [0.1, 0.15) is 34.7 Å². The molecule has 1 unspecified atom stereocenters. The van der Waals surface area contributed by atoms with Crippen LogP contribution in [0.15, 0.2) is 30.3 Å². The van der Waals surface area contributed by atoms with Crippen LogP contribution in [0.2, 0.25) is 5.02 Å². The van der Waals surface area contributed by atoms with E-state index < -0.39 is 36.3 Å². The molecule has 3 aliphatic heterocycles. The number of hydrogen-bond acceptors (Lipinski definition) is 7. The average Bonchev–Trinajstić information content (AvgIpc) is 3.34. The van der Waals surface area contributed by atoms with Crippen LogP contribution >= 0.6 is 11.6 Å². The van der Waals surface area contributed by atoms with Crippen molar-refractivity contribution >= 4 is 17.3 Å². The maximum Gasteiger partial charge on any atom is 0.225 e. The maximum atomic E-state index is 10.8. The summed E-state index contributed by atoms with van der Waals surface area (Å²) in [6, 6.07) is 9.93. The van der Waals surface area contributed by atoms with Crippen molar-refractivity contribution < 1.29 is 29.9 Å². The van der Waals surface area contributed by atoms with Gasteiger partial charge in [-0.15, -0.1) is 0 Å². The number of fused-ring (bicyclic) bond motifs is 3. The number of aliphatic hydroxyl groups is 4. The van der Waals surface area contributed by atoms with Crippen molar-refractivity contribution in [1.82, 2.24) is 0 Å². The number of rotatable bonds is 3. The van der Waals surface area contributed by atoms with E-state index in [-0.39, 0.29) is 6.61 Å². The SMILES string of the molecule is CC(O)[C@H]1O[C@]2(OCc3cc(Cl)c(Cc4ccc5c(c4)CCN5)cc32)[C@H](O)[C@@H](O)[C@@H]1O. The molecule has 3 aliphatic rings. The van der Waals surface area contributed by atoms with Crippen molar-refractivity contribution in [1.29, 1.82) is 0 Å². The van der Waals surface area contributed by atoms with E-state index in [0.717, 1.165) is 35.3 Å². The highest BCUT2D eigenvalue weighted by Gasteiger charge is 2.59. The van der Waals surface area contributed by atoms with Gasteiger partial charge in [-0.2, -0.15) is 0 Å². The molecule has 166 valence electrons. The first-order chi connectivity index (χ1) is 14.8. The van der Waals surface area contributed by atoms with Gasteiger partial charge >= 0.3 is 0 Å². The van der Waals surface area contributed by atoms with Gasteiger partial charge in [0.15, 0.2) is 0 Å². The van der Waals surface area contributed by atoms with E-state index in [0.29, 0.717) is 17.0 Å². The Labute approximate surface area is 185 Å². The fourth-order valence-electron chi connectivity index (χ4n) is 4.86. The maximum absolute atomic E-state index is 10.8. The Hall–Kier alpha value is -1.71. The molecule has 5 N–H and O–H groups in total. The van der Waals surface area contributed by atoms with E-state index in [2.05, 4.69) is 23.5 Å². The predicted octanol–water partition coefficient (Wildman–Crippen LogP) is 1.44. The van der Waals surface area contributed by atoms with E-state index >= 15 is 0 Å². The molecule has 0 aromatic heterocycles. The molecule has 6 atom stereocenters. The Morgan fingerprint density at radius 3 is 2.74 bits per heavy atom. The van der Waals surface area contributed by atoms with Gasteiger partial charge in [-0.3, -0.25) is 0 Å². The number of benzene rings is 2. The first kappa shape index (κ1) is 21.2. The molecule has 0 radical (unpaired) electrons. The highest BCUT2D eigenvalue weighted by molar-refractivity contribution is 6.31. The van der Waals surface area contributed by atoms with Crippen molar-refractivity contribution in [3.05, 3.63) is 63.2 Å². The predicted molar refractivity (Wildman–Crippen MR) is 114 cm³/mol. The molecule has 5 rings (SSSR count). The summed E-state index contributed by atoms with van der Waals surface area (Å²) in [7, 11) is 0. The summed E-state index contributed by atoms with van der Waals surface area (Å²) in [5.74, 6) is -1.68. The molecule has 31 heavy (non-hydrogen) atoms. The third kappa shape index (κ3) is 3.36. The molecule has 7 nitrogen and oxygen atoms in total. The number of ether oxygens (including phenoxy) is 2.